The zero-order valence-corrected chi connectivity index (χ0v) is 14.5. The summed E-state index contributed by atoms with van der Waals surface area (Å²) in [4.78, 5) is 31.9. The first-order valence-corrected chi connectivity index (χ1v) is 9.15. The highest BCUT2D eigenvalue weighted by Gasteiger charge is 2.23. The van der Waals surface area contributed by atoms with Crippen LogP contribution in [0, 0.1) is 10.1 Å². The van der Waals surface area contributed by atoms with Crippen LogP contribution in [-0.4, -0.2) is 41.4 Å². The lowest BCUT2D eigenvalue weighted by Crippen LogP contribution is -2.25. The van der Waals surface area contributed by atoms with E-state index in [1.54, 1.807) is 0 Å². The molecule has 8 nitrogen and oxygen atoms in total. The molecule has 0 saturated carbocycles. The van der Waals surface area contributed by atoms with E-state index in [4.69, 9.17) is 4.74 Å². The van der Waals surface area contributed by atoms with Gasteiger partial charge in [-0.05, 0) is 13.0 Å². The van der Waals surface area contributed by atoms with Crippen molar-refractivity contribution in [3.8, 4) is 5.75 Å². The summed E-state index contributed by atoms with van der Waals surface area (Å²) in [7, 11) is -3.64. The molecule has 1 unspecified atom stereocenters. The third-order valence-electron chi connectivity index (χ3n) is 2.74. The Morgan fingerprint density at radius 3 is 2.52 bits per heavy atom. The van der Waals surface area contributed by atoms with Gasteiger partial charge in [0.15, 0.2) is 9.84 Å². The number of carbonyl (C=O) groups is 2. The van der Waals surface area contributed by atoms with Gasteiger partial charge in [0.25, 0.3) is 0 Å². The topological polar surface area (TPSA) is 121 Å². The number of para-hydroxylation sites is 2. The Balaban J connectivity index is 2.65. The van der Waals surface area contributed by atoms with Gasteiger partial charge in [0.1, 0.15) is 5.78 Å². The van der Waals surface area contributed by atoms with E-state index in [9.17, 15) is 28.1 Å². The molecule has 10 heteroatoms. The number of ether oxygens (including phenoxy) is 1. The van der Waals surface area contributed by atoms with E-state index >= 15 is 0 Å². The fraction of sp³-hybridized carbons (Fsp3) is 0.385. The Labute approximate surface area is 141 Å². The summed E-state index contributed by atoms with van der Waals surface area (Å²) in [5.41, 5.74) is -0.388. The number of alkyl halides is 1. The first-order valence-electron chi connectivity index (χ1n) is 6.41. The lowest BCUT2D eigenvalue weighted by molar-refractivity contribution is -0.385. The minimum atomic E-state index is -3.64. The highest BCUT2D eigenvalue weighted by atomic mass is 79.9. The van der Waals surface area contributed by atoms with E-state index in [1.165, 1.54) is 31.2 Å². The predicted octanol–water partition coefficient (Wildman–Crippen LogP) is 1.66. The molecule has 0 fully saturated rings. The van der Waals surface area contributed by atoms with Gasteiger partial charge in [0.05, 0.1) is 27.7 Å². The molecule has 0 aliphatic heterocycles. The summed E-state index contributed by atoms with van der Waals surface area (Å²) in [6.07, 6.45) is -0.466. The van der Waals surface area contributed by atoms with Crippen molar-refractivity contribution >= 4 is 43.2 Å². The lowest BCUT2D eigenvalue weighted by atomic mass is 10.3. The minimum Gasteiger partial charge on any atom is -0.419 e. The first-order chi connectivity index (χ1) is 10.6. The van der Waals surface area contributed by atoms with Crippen LogP contribution >= 0.6 is 15.9 Å². The third kappa shape index (κ3) is 6.45. The molecule has 0 N–H and O–H groups in total. The van der Waals surface area contributed by atoms with Gasteiger partial charge in [-0.3, -0.25) is 19.7 Å². The van der Waals surface area contributed by atoms with E-state index in [0.29, 0.717) is 0 Å². The van der Waals surface area contributed by atoms with Crippen LogP contribution in [0.15, 0.2) is 24.3 Å². The Hall–Kier alpha value is -1.81. The van der Waals surface area contributed by atoms with Crippen LogP contribution in [0.3, 0.4) is 0 Å². The van der Waals surface area contributed by atoms with Gasteiger partial charge < -0.3 is 4.74 Å². The number of esters is 1. The smallest absolute Gasteiger partial charge is 0.312 e. The SMILES string of the molecule is CC(=O)C(Br)CS(=O)(=O)CCC(=O)Oc1ccccc1[N+](=O)[O-]. The summed E-state index contributed by atoms with van der Waals surface area (Å²) in [5, 5.41) is 10.8. The number of sulfone groups is 1. The summed E-state index contributed by atoms with van der Waals surface area (Å²) in [5.74, 6) is -2.43. The summed E-state index contributed by atoms with van der Waals surface area (Å²) < 4.78 is 28.4. The van der Waals surface area contributed by atoms with Crippen LogP contribution < -0.4 is 4.74 Å². The average Bonchev–Trinajstić information content (AvgIpc) is 2.45. The zero-order valence-electron chi connectivity index (χ0n) is 12.1. The summed E-state index contributed by atoms with van der Waals surface area (Å²) in [6.45, 7) is 1.25. The van der Waals surface area contributed by atoms with Gasteiger partial charge in [-0.1, -0.05) is 28.1 Å². The van der Waals surface area contributed by atoms with Crippen molar-refractivity contribution in [3.05, 3.63) is 34.4 Å². The fourth-order valence-corrected chi connectivity index (χ4v) is 4.06. The van der Waals surface area contributed by atoms with Crippen molar-refractivity contribution in [1.29, 1.82) is 0 Å². The van der Waals surface area contributed by atoms with Crippen molar-refractivity contribution in [2.24, 2.45) is 0 Å². The molecule has 0 saturated heterocycles. The number of rotatable bonds is 8. The molecule has 0 heterocycles. The maximum absolute atomic E-state index is 11.8. The van der Waals surface area contributed by atoms with Crippen molar-refractivity contribution < 1.29 is 27.7 Å². The standard InChI is InChI=1S/C13H14BrNO7S/c1-9(16)10(14)8-23(20,21)7-6-13(17)22-12-5-3-2-4-11(12)15(18)19/h2-5,10H,6-8H2,1H3. The number of hydrogen-bond donors (Lipinski definition) is 0. The number of hydrogen-bond acceptors (Lipinski definition) is 7. The predicted molar refractivity (Wildman–Crippen MR) is 85.4 cm³/mol. The Kier molecular flexibility index (Phi) is 6.82. The molecule has 1 aromatic carbocycles. The number of ketones is 1. The number of nitro groups is 1. The molecule has 1 rings (SSSR count). The van der Waals surface area contributed by atoms with Crippen LogP contribution in [0.1, 0.15) is 13.3 Å². The molecule has 0 aromatic heterocycles. The molecule has 126 valence electrons. The fourth-order valence-electron chi connectivity index (χ4n) is 1.53. The lowest BCUT2D eigenvalue weighted by Gasteiger charge is -2.08. The molecule has 0 aliphatic rings. The molecular weight excluding hydrogens is 394 g/mol. The van der Waals surface area contributed by atoms with E-state index in [1.807, 2.05) is 0 Å². The summed E-state index contributed by atoms with van der Waals surface area (Å²) in [6, 6.07) is 5.28. The van der Waals surface area contributed by atoms with Crippen molar-refractivity contribution in [2.75, 3.05) is 11.5 Å². The van der Waals surface area contributed by atoms with E-state index in [-0.39, 0.29) is 17.2 Å². The van der Waals surface area contributed by atoms with Crippen LogP contribution in [0.25, 0.3) is 0 Å². The van der Waals surface area contributed by atoms with E-state index in [0.717, 1.165) is 0 Å². The molecule has 23 heavy (non-hydrogen) atoms. The largest absolute Gasteiger partial charge is 0.419 e. The van der Waals surface area contributed by atoms with E-state index in [2.05, 4.69) is 15.9 Å². The second-order valence-electron chi connectivity index (χ2n) is 4.64. The number of benzene rings is 1. The summed E-state index contributed by atoms with van der Waals surface area (Å²) >= 11 is 2.94. The number of Topliss-reactive ketones (excluding diaryl/α,β-unsaturated/α-hetero) is 1. The number of nitrogens with zero attached hydrogens (tertiary/aromatic N) is 1. The first kappa shape index (κ1) is 19.2. The molecular formula is C13H14BrNO7S. The number of nitro benzene ring substituents is 1. The maximum Gasteiger partial charge on any atom is 0.312 e. The molecule has 1 atom stereocenters. The van der Waals surface area contributed by atoms with Crippen molar-refractivity contribution in [3.63, 3.8) is 0 Å². The minimum absolute atomic E-state index is 0.248. The second-order valence-corrected chi connectivity index (χ2v) is 7.98. The molecule has 0 radical (unpaired) electrons. The second kappa shape index (κ2) is 8.16. The Morgan fingerprint density at radius 2 is 1.96 bits per heavy atom. The van der Waals surface area contributed by atoms with E-state index < -0.39 is 43.5 Å². The normalized spacial score (nSPS) is 12.4. The van der Waals surface area contributed by atoms with Gasteiger partial charge >= 0.3 is 11.7 Å². The van der Waals surface area contributed by atoms with Crippen molar-refractivity contribution in [2.45, 2.75) is 18.2 Å². The number of halogens is 1. The van der Waals surface area contributed by atoms with Gasteiger partial charge in [-0.15, -0.1) is 0 Å². The van der Waals surface area contributed by atoms with Gasteiger partial charge in [-0.25, -0.2) is 8.42 Å². The van der Waals surface area contributed by atoms with Crippen LogP contribution in [-0.2, 0) is 19.4 Å². The molecule has 0 spiro atoms. The van der Waals surface area contributed by atoms with Gasteiger partial charge in [0, 0.05) is 6.07 Å². The van der Waals surface area contributed by atoms with Crippen LogP contribution in [0.2, 0.25) is 0 Å². The third-order valence-corrected chi connectivity index (χ3v) is 5.81. The highest BCUT2D eigenvalue weighted by Crippen LogP contribution is 2.26. The number of carbonyl (C=O) groups excluding carboxylic acids is 2. The van der Waals surface area contributed by atoms with Gasteiger partial charge in [-0.2, -0.15) is 0 Å². The van der Waals surface area contributed by atoms with Gasteiger partial charge in [0.2, 0.25) is 5.75 Å². The zero-order chi connectivity index (χ0) is 17.6. The highest BCUT2D eigenvalue weighted by molar-refractivity contribution is 9.10. The Bertz CT molecular complexity index is 717. The van der Waals surface area contributed by atoms with Crippen LogP contribution in [0.5, 0.6) is 5.75 Å². The quantitative estimate of drug-likeness (QED) is 0.211. The average molecular weight is 408 g/mol. The van der Waals surface area contributed by atoms with Crippen LogP contribution in [0.4, 0.5) is 5.69 Å². The Morgan fingerprint density at radius 1 is 1.35 bits per heavy atom. The molecule has 0 aliphatic carbocycles. The van der Waals surface area contributed by atoms with Crippen molar-refractivity contribution in [1.82, 2.24) is 0 Å². The molecule has 0 amide bonds. The molecule has 0 bridgehead atoms. The maximum atomic E-state index is 11.8. The monoisotopic (exact) mass is 407 g/mol. The molecule has 1 aromatic rings.